The average Bonchev–Trinajstić information content (AvgIpc) is 3.65. The predicted octanol–water partition coefficient (Wildman–Crippen LogP) is 1.78. The first-order valence-corrected chi connectivity index (χ1v) is 13.2. The second-order valence-corrected chi connectivity index (χ2v) is 9.51. The summed E-state index contributed by atoms with van der Waals surface area (Å²) in [6.45, 7) is 4.87. The number of thioether (sulfide) groups is 1. The van der Waals surface area contributed by atoms with Crippen molar-refractivity contribution >= 4 is 40.7 Å². The highest BCUT2D eigenvalue weighted by molar-refractivity contribution is 7.98. The number of hydrogen-bond acceptors (Lipinski definition) is 10. The molecule has 0 fully saturated rings. The zero-order valence-corrected chi connectivity index (χ0v) is 22.6. The third-order valence-electron chi connectivity index (χ3n) is 5.56. The van der Waals surface area contributed by atoms with E-state index >= 15 is 0 Å². The lowest BCUT2D eigenvalue weighted by Gasteiger charge is -2.10. The van der Waals surface area contributed by atoms with Crippen molar-refractivity contribution in [3.63, 3.8) is 0 Å². The van der Waals surface area contributed by atoms with E-state index in [2.05, 4.69) is 35.3 Å². The van der Waals surface area contributed by atoms with Gasteiger partial charge in [0.05, 0.1) is 35.5 Å². The Morgan fingerprint density at radius 2 is 1.95 bits per heavy atom. The fourth-order valence-electron chi connectivity index (χ4n) is 3.43. The van der Waals surface area contributed by atoms with Crippen molar-refractivity contribution in [3.8, 4) is 0 Å². The molecule has 1 amide bonds. The maximum Gasteiger partial charge on any atom is 0.331 e. The number of benzene rings is 1. The Morgan fingerprint density at radius 1 is 1.20 bits per heavy atom. The van der Waals surface area contributed by atoms with Crippen LogP contribution in [0.4, 0.5) is 11.4 Å². The van der Waals surface area contributed by atoms with Gasteiger partial charge in [-0.1, -0.05) is 0 Å². The van der Waals surface area contributed by atoms with E-state index in [1.807, 2.05) is 13.1 Å². The molecule has 0 saturated heterocycles. The highest BCUT2D eigenvalue weighted by Crippen LogP contribution is 2.24. The van der Waals surface area contributed by atoms with Gasteiger partial charge in [-0.15, -0.1) is 0 Å². The van der Waals surface area contributed by atoms with Crippen LogP contribution in [0.2, 0.25) is 0 Å². The molecule has 0 bridgehead atoms. The first kappa shape index (κ1) is 29.8. The van der Waals surface area contributed by atoms with Crippen LogP contribution in [0.25, 0.3) is 0 Å². The van der Waals surface area contributed by atoms with Crippen LogP contribution in [-0.4, -0.2) is 72.2 Å². The van der Waals surface area contributed by atoms with Gasteiger partial charge in [0.25, 0.3) is 5.69 Å². The fraction of sp³-hybridized carbons (Fsp3) is 0.348. The van der Waals surface area contributed by atoms with Crippen molar-refractivity contribution < 1.29 is 14.6 Å². The number of aromatic amines is 2. The SMILES string of the molecule is CC1=NN(c2ccc([N+](=O)[O-])cc2)C(=O)C1[N+](=O)[O-].Cc1[nH]cnc1CSCCN=C(N)NCCc1cnc[nH]1. The average molecular weight is 572 g/mol. The zero-order chi connectivity index (χ0) is 29.1. The van der Waals surface area contributed by atoms with Gasteiger partial charge in [-0.3, -0.25) is 30.0 Å². The first-order chi connectivity index (χ1) is 19.2. The monoisotopic (exact) mass is 571 g/mol. The molecule has 16 nitrogen and oxygen atoms in total. The van der Waals surface area contributed by atoms with Crippen LogP contribution < -0.4 is 16.1 Å². The third kappa shape index (κ3) is 8.35. The summed E-state index contributed by atoms with van der Waals surface area (Å²) >= 11 is 1.80. The number of non-ortho nitro benzene ring substituents is 1. The molecule has 3 aromatic rings. The summed E-state index contributed by atoms with van der Waals surface area (Å²) in [5.41, 5.74) is 9.31. The summed E-state index contributed by atoms with van der Waals surface area (Å²) < 4.78 is 0. The summed E-state index contributed by atoms with van der Waals surface area (Å²) in [7, 11) is 0. The van der Waals surface area contributed by atoms with Crippen molar-refractivity contribution in [1.29, 1.82) is 0 Å². The number of nitrogens with zero attached hydrogens (tertiary/aromatic N) is 7. The lowest BCUT2D eigenvalue weighted by Crippen LogP contribution is -2.37. The molecule has 1 aliphatic heterocycles. The normalized spacial score (nSPS) is 14.9. The minimum atomic E-state index is -1.49. The molecule has 212 valence electrons. The number of aliphatic imine (C=N–C) groups is 1. The van der Waals surface area contributed by atoms with E-state index < -0.39 is 21.8 Å². The Balaban J connectivity index is 0.000000222. The fourth-order valence-corrected chi connectivity index (χ4v) is 4.28. The van der Waals surface area contributed by atoms with Crippen LogP contribution in [0, 0.1) is 27.2 Å². The zero-order valence-electron chi connectivity index (χ0n) is 21.8. The maximum atomic E-state index is 11.8. The van der Waals surface area contributed by atoms with E-state index in [0.717, 1.165) is 46.6 Å². The Labute approximate surface area is 232 Å². The molecule has 1 aromatic carbocycles. The second-order valence-electron chi connectivity index (χ2n) is 8.40. The topological polar surface area (TPSA) is 227 Å². The molecule has 17 heteroatoms. The molecule has 40 heavy (non-hydrogen) atoms. The minimum absolute atomic E-state index is 0.0772. The van der Waals surface area contributed by atoms with Gasteiger partial charge < -0.3 is 21.0 Å². The van der Waals surface area contributed by atoms with E-state index in [-0.39, 0.29) is 17.1 Å². The second kappa shape index (κ2) is 14.4. The number of hydrogen-bond donors (Lipinski definition) is 4. The lowest BCUT2D eigenvalue weighted by atomic mass is 10.2. The molecule has 0 spiro atoms. The molecule has 2 aromatic heterocycles. The van der Waals surface area contributed by atoms with E-state index in [1.54, 1.807) is 24.4 Å². The Morgan fingerprint density at radius 3 is 2.52 bits per heavy atom. The van der Waals surface area contributed by atoms with Crippen molar-refractivity contribution in [3.05, 3.63) is 80.4 Å². The van der Waals surface area contributed by atoms with Gasteiger partial charge in [0, 0.05) is 59.1 Å². The molecule has 1 aliphatic rings. The molecular weight excluding hydrogens is 542 g/mol. The quantitative estimate of drug-likeness (QED) is 0.0857. The lowest BCUT2D eigenvalue weighted by molar-refractivity contribution is -0.488. The van der Waals surface area contributed by atoms with Gasteiger partial charge in [-0.2, -0.15) is 21.9 Å². The maximum absolute atomic E-state index is 11.8. The summed E-state index contributed by atoms with van der Waals surface area (Å²) in [4.78, 5) is 50.4. The summed E-state index contributed by atoms with van der Waals surface area (Å²) in [6, 6.07) is 3.54. The Bertz CT molecular complexity index is 1360. The molecule has 4 rings (SSSR count). The highest BCUT2D eigenvalue weighted by atomic mass is 32.2. The number of carbonyl (C=O) groups is 1. The number of nitro benzene ring substituents is 1. The summed E-state index contributed by atoms with van der Waals surface area (Å²) in [6.07, 6.45) is 6.06. The Hall–Kier alpha value is -4.80. The van der Waals surface area contributed by atoms with Crippen molar-refractivity contribution in [2.24, 2.45) is 15.8 Å². The summed E-state index contributed by atoms with van der Waals surface area (Å²) in [5.74, 6) is 1.54. The van der Waals surface area contributed by atoms with Gasteiger partial charge in [-0.05, 0) is 26.0 Å². The molecule has 5 N–H and O–H groups in total. The van der Waals surface area contributed by atoms with Gasteiger partial charge in [-0.25, -0.2) is 9.97 Å². The number of amides is 1. The van der Waals surface area contributed by atoms with Crippen LogP contribution in [0.15, 0.2) is 53.2 Å². The molecule has 1 atom stereocenters. The van der Waals surface area contributed by atoms with Crippen molar-refractivity contribution in [2.45, 2.75) is 32.1 Å². The highest BCUT2D eigenvalue weighted by Gasteiger charge is 2.43. The number of aryl methyl sites for hydroxylation is 1. The number of nitrogens with two attached hydrogens (primary N) is 1. The smallest absolute Gasteiger partial charge is 0.331 e. The molecule has 0 aliphatic carbocycles. The van der Waals surface area contributed by atoms with Crippen LogP contribution in [0.5, 0.6) is 0 Å². The van der Waals surface area contributed by atoms with Crippen molar-refractivity contribution in [2.75, 3.05) is 23.9 Å². The number of nitrogens with one attached hydrogen (secondary N) is 3. The number of anilines is 1. The van der Waals surface area contributed by atoms with Crippen molar-refractivity contribution in [1.82, 2.24) is 25.3 Å². The summed E-state index contributed by atoms with van der Waals surface area (Å²) in [5, 5.41) is 29.0. The van der Waals surface area contributed by atoms with E-state index in [1.165, 1.54) is 31.2 Å². The van der Waals surface area contributed by atoms with Crippen LogP contribution in [0.1, 0.15) is 24.0 Å². The number of aromatic nitrogens is 4. The number of hydrazone groups is 1. The number of imidazole rings is 2. The van der Waals surface area contributed by atoms with Gasteiger partial charge in [0.2, 0.25) is 0 Å². The number of H-pyrrole nitrogens is 2. The molecule has 0 saturated carbocycles. The van der Waals surface area contributed by atoms with Gasteiger partial charge in [0.1, 0.15) is 5.71 Å². The minimum Gasteiger partial charge on any atom is -0.370 e. The predicted molar refractivity (Wildman–Crippen MR) is 151 cm³/mol. The molecular formula is C23H29N11O5S. The Kier molecular flexibility index (Phi) is 10.7. The largest absolute Gasteiger partial charge is 0.370 e. The first-order valence-electron chi connectivity index (χ1n) is 12.0. The molecule has 0 radical (unpaired) electrons. The number of guanidine groups is 1. The van der Waals surface area contributed by atoms with E-state index in [4.69, 9.17) is 5.73 Å². The number of nitro groups is 2. The van der Waals surface area contributed by atoms with Crippen LogP contribution in [0.3, 0.4) is 0 Å². The van der Waals surface area contributed by atoms with Gasteiger partial charge in [0.15, 0.2) is 5.96 Å². The number of rotatable bonds is 11. The van der Waals surface area contributed by atoms with Gasteiger partial charge >= 0.3 is 11.9 Å². The molecule has 3 heterocycles. The number of carbonyl (C=O) groups excluding carboxylic acids is 1. The third-order valence-corrected chi connectivity index (χ3v) is 6.51. The standard InChI is InChI=1S/C13H21N7S.C10H8N4O5/c1-10-12(20-9-18-10)7-21-5-4-17-13(14)16-3-2-11-6-15-8-19-11;1-6-9(14(18)19)10(15)12(11-6)7-2-4-8(5-3-7)13(16)17/h6,8-9H,2-5,7H2,1H3,(H,15,19)(H,18,20)(H3,14,16,17);2-5,9H,1H3. The van der Waals surface area contributed by atoms with E-state index in [9.17, 15) is 25.0 Å². The van der Waals surface area contributed by atoms with Crippen LogP contribution >= 0.6 is 11.8 Å². The molecule has 1 unspecified atom stereocenters. The van der Waals surface area contributed by atoms with E-state index in [0.29, 0.717) is 12.5 Å². The van der Waals surface area contributed by atoms with Crippen LogP contribution in [-0.2, 0) is 17.0 Å².